The van der Waals surface area contributed by atoms with Crippen molar-refractivity contribution in [1.82, 2.24) is 14.9 Å². The van der Waals surface area contributed by atoms with Crippen LogP contribution in [0.4, 0.5) is 0 Å². The summed E-state index contributed by atoms with van der Waals surface area (Å²) in [6.07, 6.45) is 3.13. The first-order valence-electron chi connectivity index (χ1n) is 7.53. The molecule has 0 aliphatic heterocycles. The minimum atomic E-state index is -0.150. The van der Waals surface area contributed by atoms with Gasteiger partial charge in [-0.3, -0.25) is 4.79 Å². The molecule has 3 rings (SSSR count). The summed E-state index contributed by atoms with van der Waals surface area (Å²) in [5.74, 6) is 0.584. The SMILES string of the molecule is CN(Cc1nc2ccccc2[nH]1)C(=O)C=Cc1ccccc1C#N. The van der Waals surface area contributed by atoms with E-state index < -0.39 is 0 Å². The van der Waals surface area contributed by atoms with Crippen molar-refractivity contribution < 1.29 is 4.79 Å². The molecule has 0 bridgehead atoms. The minimum Gasteiger partial charge on any atom is -0.340 e. The van der Waals surface area contributed by atoms with Crippen molar-refractivity contribution in [2.24, 2.45) is 0 Å². The standard InChI is InChI=1S/C19H16N4O/c1-23(13-18-21-16-8-4-5-9-17(16)22-18)19(24)11-10-14-6-2-3-7-15(14)12-20/h2-11H,13H2,1H3,(H,21,22). The number of nitrogens with zero attached hydrogens (tertiary/aromatic N) is 3. The molecule has 5 nitrogen and oxygen atoms in total. The predicted octanol–water partition coefficient (Wildman–Crippen LogP) is 3.11. The summed E-state index contributed by atoms with van der Waals surface area (Å²) < 4.78 is 0. The van der Waals surface area contributed by atoms with Crippen molar-refractivity contribution in [3.8, 4) is 6.07 Å². The van der Waals surface area contributed by atoms with E-state index in [0.717, 1.165) is 22.4 Å². The third kappa shape index (κ3) is 3.33. The smallest absolute Gasteiger partial charge is 0.246 e. The van der Waals surface area contributed by atoms with Crippen molar-refractivity contribution in [3.63, 3.8) is 0 Å². The number of H-pyrrole nitrogens is 1. The molecule has 2 aromatic carbocycles. The van der Waals surface area contributed by atoms with Crippen LogP contribution in [0.1, 0.15) is 17.0 Å². The molecule has 0 fully saturated rings. The molecule has 1 amide bonds. The summed E-state index contributed by atoms with van der Waals surface area (Å²) in [5.41, 5.74) is 3.10. The molecule has 0 aliphatic rings. The highest BCUT2D eigenvalue weighted by Crippen LogP contribution is 2.12. The third-order valence-electron chi connectivity index (χ3n) is 3.69. The molecule has 3 aromatic rings. The van der Waals surface area contributed by atoms with Crippen LogP contribution in [0.25, 0.3) is 17.1 Å². The highest BCUT2D eigenvalue weighted by Gasteiger charge is 2.09. The second kappa shape index (κ2) is 6.80. The maximum Gasteiger partial charge on any atom is 0.246 e. The number of aromatic nitrogens is 2. The number of benzene rings is 2. The highest BCUT2D eigenvalue weighted by molar-refractivity contribution is 5.92. The molecule has 0 unspecified atom stereocenters. The lowest BCUT2D eigenvalue weighted by molar-refractivity contribution is -0.125. The average Bonchev–Trinajstić information content (AvgIpc) is 3.02. The fourth-order valence-corrected chi connectivity index (χ4v) is 2.42. The van der Waals surface area contributed by atoms with E-state index in [9.17, 15) is 4.79 Å². The van der Waals surface area contributed by atoms with Crippen molar-refractivity contribution in [2.45, 2.75) is 6.54 Å². The summed E-state index contributed by atoms with van der Waals surface area (Å²) in [7, 11) is 1.72. The van der Waals surface area contributed by atoms with Crippen LogP contribution in [0.2, 0.25) is 0 Å². The molecule has 5 heteroatoms. The Labute approximate surface area is 139 Å². The van der Waals surface area contributed by atoms with Gasteiger partial charge in [0.15, 0.2) is 0 Å². The number of aromatic amines is 1. The zero-order valence-corrected chi connectivity index (χ0v) is 13.2. The second-order valence-electron chi connectivity index (χ2n) is 5.43. The molecule has 0 spiro atoms. The summed E-state index contributed by atoms with van der Waals surface area (Å²) in [6, 6.07) is 17.0. The Morgan fingerprint density at radius 3 is 2.79 bits per heavy atom. The molecule has 0 radical (unpaired) electrons. The van der Waals surface area contributed by atoms with Crippen LogP contribution in [0.3, 0.4) is 0 Å². The van der Waals surface area contributed by atoms with Crippen LogP contribution in [0.15, 0.2) is 54.6 Å². The highest BCUT2D eigenvalue weighted by atomic mass is 16.2. The van der Waals surface area contributed by atoms with Gasteiger partial charge in [0, 0.05) is 13.1 Å². The van der Waals surface area contributed by atoms with E-state index in [2.05, 4.69) is 16.0 Å². The molecule has 24 heavy (non-hydrogen) atoms. The number of imidazole rings is 1. The van der Waals surface area contributed by atoms with Gasteiger partial charge in [0.05, 0.1) is 29.2 Å². The first-order valence-corrected chi connectivity index (χ1v) is 7.53. The number of fused-ring (bicyclic) bond motifs is 1. The number of carbonyl (C=O) groups is 1. The Hall–Kier alpha value is -3.39. The van der Waals surface area contributed by atoms with Crippen LogP contribution in [0, 0.1) is 11.3 Å². The zero-order chi connectivity index (χ0) is 16.9. The molecular weight excluding hydrogens is 300 g/mol. The first kappa shape index (κ1) is 15.5. The molecule has 1 N–H and O–H groups in total. The number of hydrogen-bond donors (Lipinski definition) is 1. The largest absolute Gasteiger partial charge is 0.340 e. The first-order chi connectivity index (χ1) is 11.7. The summed E-state index contributed by atoms with van der Waals surface area (Å²) >= 11 is 0. The summed E-state index contributed by atoms with van der Waals surface area (Å²) in [6.45, 7) is 0.387. The summed E-state index contributed by atoms with van der Waals surface area (Å²) in [4.78, 5) is 21.5. The number of nitrogens with one attached hydrogen (secondary N) is 1. The average molecular weight is 316 g/mol. The van der Waals surface area contributed by atoms with E-state index >= 15 is 0 Å². The Bertz CT molecular complexity index is 916. The quantitative estimate of drug-likeness (QED) is 0.752. The number of para-hydroxylation sites is 2. The fraction of sp³-hybridized carbons (Fsp3) is 0.105. The van der Waals surface area contributed by atoms with Gasteiger partial charge in [0.25, 0.3) is 0 Å². The van der Waals surface area contributed by atoms with E-state index in [-0.39, 0.29) is 5.91 Å². The monoisotopic (exact) mass is 316 g/mol. The predicted molar refractivity (Wildman–Crippen MR) is 92.8 cm³/mol. The van der Waals surface area contributed by atoms with E-state index in [4.69, 9.17) is 5.26 Å². The molecule has 0 saturated carbocycles. The van der Waals surface area contributed by atoms with Crippen LogP contribution in [-0.2, 0) is 11.3 Å². The van der Waals surface area contributed by atoms with Crippen LogP contribution < -0.4 is 0 Å². The third-order valence-corrected chi connectivity index (χ3v) is 3.69. The van der Waals surface area contributed by atoms with Crippen molar-refractivity contribution in [1.29, 1.82) is 5.26 Å². The van der Waals surface area contributed by atoms with Crippen molar-refractivity contribution in [3.05, 3.63) is 71.6 Å². The van der Waals surface area contributed by atoms with Gasteiger partial charge in [-0.1, -0.05) is 30.3 Å². The van der Waals surface area contributed by atoms with Crippen molar-refractivity contribution >= 4 is 23.0 Å². The van der Waals surface area contributed by atoms with Gasteiger partial charge in [-0.2, -0.15) is 5.26 Å². The fourth-order valence-electron chi connectivity index (χ4n) is 2.42. The molecule has 118 valence electrons. The molecule has 1 aromatic heterocycles. The van der Waals surface area contributed by atoms with Crippen molar-refractivity contribution in [2.75, 3.05) is 7.05 Å². The number of hydrogen-bond acceptors (Lipinski definition) is 3. The minimum absolute atomic E-state index is 0.150. The lowest BCUT2D eigenvalue weighted by Crippen LogP contribution is -2.24. The van der Waals surface area contributed by atoms with E-state index in [1.807, 2.05) is 36.4 Å². The van der Waals surface area contributed by atoms with Gasteiger partial charge >= 0.3 is 0 Å². The Kier molecular flexibility index (Phi) is 4.39. The maximum atomic E-state index is 12.3. The number of rotatable bonds is 4. The molecule has 0 saturated heterocycles. The van der Waals surface area contributed by atoms with E-state index in [1.54, 1.807) is 30.2 Å². The topological polar surface area (TPSA) is 72.8 Å². The lowest BCUT2D eigenvalue weighted by Gasteiger charge is -2.13. The summed E-state index contributed by atoms with van der Waals surface area (Å²) in [5, 5.41) is 9.07. The normalized spacial score (nSPS) is 10.8. The van der Waals surface area contributed by atoms with Gasteiger partial charge in [-0.25, -0.2) is 4.98 Å². The lowest BCUT2D eigenvalue weighted by atomic mass is 10.1. The van der Waals surface area contributed by atoms with Crippen LogP contribution in [-0.4, -0.2) is 27.8 Å². The van der Waals surface area contributed by atoms with Gasteiger partial charge in [-0.15, -0.1) is 0 Å². The van der Waals surface area contributed by atoms with Gasteiger partial charge in [0.2, 0.25) is 5.91 Å². The number of carbonyl (C=O) groups excluding carboxylic acids is 1. The Morgan fingerprint density at radius 1 is 1.25 bits per heavy atom. The molecule has 0 atom stereocenters. The second-order valence-corrected chi connectivity index (χ2v) is 5.43. The number of likely N-dealkylation sites (N-methyl/N-ethyl adjacent to an activating group) is 1. The van der Waals surface area contributed by atoms with Crippen LogP contribution >= 0.6 is 0 Å². The van der Waals surface area contributed by atoms with Gasteiger partial charge in [0.1, 0.15) is 5.82 Å². The number of amides is 1. The maximum absolute atomic E-state index is 12.3. The van der Waals surface area contributed by atoms with Gasteiger partial charge < -0.3 is 9.88 Å². The molecule has 1 heterocycles. The van der Waals surface area contributed by atoms with E-state index in [0.29, 0.717) is 12.1 Å². The number of nitriles is 1. The van der Waals surface area contributed by atoms with E-state index in [1.165, 1.54) is 6.08 Å². The Morgan fingerprint density at radius 2 is 2.00 bits per heavy atom. The van der Waals surface area contributed by atoms with Crippen LogP contribution in [0.5, 0.6) is 0 Å². The zero-order valence-electron chi connectivity index (χ0n) is 13.2. The molecule has 0 aliphatic carbocycles. The Balaban J connectivity index is 1.70. The van der Waals surface area contributed by atoms with Gasteiger partial charge in [-0.05, 0) is 29.8 Å². The molecular formula is C19H16N4O.